The van der Waals surface area contributed by atoms with E-state index < -0.39 is 28.3 Å². The van der Waals surface area contributed by atoms with Gasteiger partial charge in [0.05, 0.1) is 11.4 Å². The van der Waals surface area contributed by atoms with Crippen LogP contribution in [0.25, 0.3) is 0 Å². The third kappa shape index (κ3) is 3.01. The molecule has 0 atom stereocenters. The molecule has 0 aliphatic rings. The van der Waals surface area contributed by atoms with Crippen LogP contribution in [-0.2, 0) is 14.8 Å². The molecule has 0 fully saturated rings. The largest absolute Gasteiger partial charge is 0.369 e. The number of amides is 1. The second-order valence-electron chi connectivity index (χ2n) is 3.20. The number of carbonyl (C=O) groups excluding carboxylic acids is 1. The zero-order valence-electron chi connectivity index (χ0n) is 8.53. The number of aryl methyl sites for hydroxylation is 1. The Bertz CT molecular complexity index is 513. The summed E-state index contributed by atoms with van der Waals surface area (Å²) < 4.78 is 38.1. The first-order valence-electron chi connectivity index (χ1n) is 4.37. The number of rotatable bonds is 4. The van der Waals surface area contributed by atoms with Gasteiger partial charge in [-0.3, -0.25) is 4.79 Å². The molecule has 0 aliphatic carbocycles. The number of primary amides is 1. The first-order chi connectivity index (χ1) is 7.33. The summed E-state index contributed by atoms with van der Waals surface area (Å²) in [6, 6.07) is 3.38. The third-order valence-electron chi connectivity index (χ3n) is 1.88. The molecule has 88 valence electrons. The van der Waals surface area contributed by atoms with Gasteiger partial charge in [0.15, 0.2) is 0 Å². The molecule has 1 aromatic rings. The van der Waals surface area contributed by atoms with Gasteiger partial charge >= 0.3 is 0 Å². The van der Waals surface area contributed by atoms with Gasteiger partial charge in [0, 0.05) is 0 Å². The highest BCUT2D eigenvalue weighted by atomic mass is 32.2. The number of carbonyl (C=O) groups is 1. The first-order valence-corrected chi connectivity index (χ1v) is 5.85. The molecule has 1 rings (SSSR count). The van der Waals surface area contributed by atoms with Crippen molar-refractivity contribution >= 4 is 15.9 Å². The van der Waals surface area contributed by atoms with Gasteiger partial charge in [-0.05, 0) is 24.6 Å². The van der Waals surface area contributed by atoms with Gasteiger partial charge in [-0.1, -0.05) is 6.07 Å². The zero-order valence-corrected chi connectivity index (χ0v) is 9.34. The van der Waals surface area contributed by atoms with Crippen molar-refractivity contribution in [1.29, 1.82) is 0 Å². The van der Waals surface area contributed by atoms with E-state index in [0.717, 1.165) is 12.1 Å². The zero-order chi connectivity index (χ0) is 12.3. The van der Waals surface area contributed by atoms with Crippen LogP contribution in [0.5, 0.6) is 0 Å². The molecule has 5 nitrogen and oxygen atoms in total. The average Bonchev–Trinajstić information content (AvgIpc) is 2.19. The monoisotopic (exact) mass is 246 g/mol. The number of sulfonamides is 1. The van der Waals surface area contributed by atoms with Crippen LogP contribution in [0, 0.1) is 12.7 Å². The van der Waals surface area contributed by atoms with Crippen LogP contribution < -0.4 is 10.5 Å². The Hall–Kier alpha value is -1.47. The Morgan fingerprint density at radius 3 is 2.69 bits per heavy atom. The quantitative estimate of drug-likeness (QED) is 0.777. The molecular formula is C9H11FN2O3S. The summed E-state index contributed by atoms with van der Waals surface area (Å²) in [4.78, 5) is 10.3. The van der Waals surface area contributed by atoms with Crippen molar-refractivity contribution in [2.75, 3.05) is 6.54 Å². The molecule has 0 heterocycles. The standard InChI is InChI=1S/C9H11FN2O3S/c1-6-2-3-7(10)4-8(6)16(14,15)12-5-9(11)13/h2-4,12H,5H2,1H3,(H2,11,13). The van der Waals surface area contributed by atoms with Crippen molar-refractivity contribution in [2.24, 2.45) is 5.73 Å². The lowest BCUT2D eigenvalue weighted by Gasteiger charge is -2.07. The van der Waals surface area contributed by atoms with Gasteiger partial charge in [0.25, 0.3) is 0 Å². The van der Waals surface area contributed by atoms with E-state index in [0.29, 0.717) is 5.56 Å². The van der Waals surface area contributed by atoms with Crippen LogP contribution in [0.3, 0.4) is 0 Å². The number of benzene rings is 1. The highest BCUT2D eigenvalue weighted by molar-refractivity contribution is 7.89. The second kappa shape index (κ2) is 4.58. The summed E-state index contributed by atoms with van der Waals surface area (Å²) in [7, 11) is -3.90. The van der Waals surface area contributed by atoms with Gasteiger partial charge in [-0.25, -0.2) is 17.5 Å². The van der Waals surface area contributed by atoms with E-state index in [9.17, 15) is 17.6 Å². The van der Waals surface area contributed by atoms with E-state index in [2.05, 4.69) is 0 Å². The Morgan fingerprint density at radius 1 is 1.50 bits per heavy atom. The molecule has 16 heavy (non-hydrogen) atoms. The molecule has 0 saturated carbocycles. The summed E-state index contributed by atoms with van der Waals surface area (Å²) in [6.07, 6.45) is 0. The summed E-state index contributed by atoms with van der Waals surface area (Å²) in [5.74, 6) is -1.47. The molecule has 0 spiro atoms. The Morgan fingerprint density at radius 2 is 2.12 bits per heavy atom. The summed E-state index contributed by atoms with van der Waals surface area (Å²) >= 11 is 0. The molecule has 0 bridgehead atoms. The van der Waals surface area contributed by atoms with Crippen molar-refractivity contribution in [3.05, 3.63) is 29.6 Å². The molecular weight excluding hydrogens is 235 g/mol. The summed E-state index contributed by atoms with van der Waals surface area (Å²) in [6.45, 7) is 1.01. The maximum absolute atomic E-state index is 12.9. The van der Waals surface area contributed by atoms with E-state index >= 15 is 0 Å². The lowest BCUT2D eigenvalue weighted by atomic mass is 10.2. The molecule has 0 aromatic heterocycles. The molecule has 1 aromatic carbocycles. The Kier molecular flexibility index (Phi) is 3.61. The van der Waals surface area contributed by atoms with Crippen molar-refractivity contribution in [2.45, 2.75) is 11.8 Å². The summed E-state index contributed by atoms with van der Waals surface area (Å²) in [5.41, 5.74) is 5.19. The average molecular weight is 246 g/mol. The number of hydrogen-bond acceptors (Lipinski definition) is 3. The number of hydrogen-bond donors (Lipinski definition) is 2. The van der Waals surface area contributed by atoms with E-state index in [1.54, 1.807) is 0 Å². The topological polar surface area (TPSA) is 89.3 Å². The van der Waals surface area contributed by atoms with E-state index in [4.69, 9.17) is 5.73 Å². The van der Waals surface area contributed by atoms with Crippen molar-refractivity contribution in [1.82, 2.24) is 4.72 Å². The van der Waals surface area contributed by atoms with Crippen molar-refractivity contribution in [3.8, 4) is 0 Å². The van der Waals surface area contributed by atoms with Crippen LogP contribution in [0.15, 0.2) is 23.1 Å². The van der Waals surface area contributed by atoms with Crippen LogP contribution in [-0.4, -0.2) is 20.9 Å². The molecule has 0 unspecified atom stereocenters. The van der Waals surface area contributed by atoms with Gasteiger partial charge in [-0.2, -0.15) is 0 Å². The van der Waals surface area contributed by atoms with E-state index in [1.165, 1.54) is 13.0 Å². The maximum Gasteiger partial charge on any atom is 0.241 e. The fourth-order valence-corrected chi connectivity index (χ4v) is 2.35. The second-order valence-corrected chi connectivity index (χ2v) is 4.94. The van der Waals surface area contributed by atoms with Gasteiger partial charge in [0.2, 0.25) is 15.9 Å². The number of halogens is 1. The Balaban J connectivity index is 3.07. The molecule has 0 saturated heterocycles. The van der Waals surface area contributed by atoms with E-state index in [-0.39, 0.29) is 4.90 Å². The molecule has 0 radical (unpaired) electrons. The lowest BCUT2D eigenvalue weighted by Crippen LogP contribution is -2.33. The van der Waals surface area contributed by atoms with Gasteiger partial charge in [0.1, 0.15) is 5.82 Å². The normalized spacial score (nSPS) is 11.4. The fraction of sp³-hybridized carbons (Fsp3) is 0.222. The maximum atomic E-state index is 12.9. The lowest BCUT2D eigenvalue weighted by molar-refractivity contribution is -0.116. The first kappa shape index (κ1) is 12.6. The van der Waals surface area contributed by atoms with E-state index in [1.807, 2.05) is 4.72 Å². The van der Waals surface area contributed by atoms with Crippen molar-refractivity contribution in [3.63, 3.8) is 0 Å². The number of nitrogens with two attached hydrogens (primary N) is 1. The SMILES string of the molecule is Cc1ccc(F)cc1S(=O)(=O)NCC(N)=O. The van der Waals surface area contributed by atoms with Crippen LogP contribution in [0.4, 0.5) is 4.39 Å². The van der Waals surface area contributed by atoms with Crippen LogP contribution >= 0.6 is 0 Å². The molecule has 7 heteroatoms. The molecule has 0 aliphatic heterocycles. The highest BCUT2D eigenvalue weighted by Crippen LogP contribution is 2.15. The summed E-state index contributed by atoms with van der Waals surface area (Å²) in [5, 5.41) is 0. The van der Waals surface area contributed by atoms with Crippen LogP contribution in [0.2, 0.25) is 0 Å². The predicted octanol–water partition coefficient (Wildman–Crippen LogP) is -0.102. The molecule has 3 N–H and O–H groups in total. The fourth-order valence-electron chi connectivity index (χ4n) is 1.11. The smallest absolute Gasteiger partial charge is 0.241 e. The molecule has 1 amide bonds. The Labute approximate surface area is 92.5 Å². The van der Waals surface area contributed by atoms with Gasteiger partial charge in [-0.15, -0.1) is 0 Å². The van der Waals surface area contributed by atoms with Crippen molar-refractivity contribution < 1.29 is 17.6 Å². The minimum Gasteiger partial charge on any atom is -0.369 e. The van der Waals surface area contributed by atoms with Gasteiger partial charge < -0.3 is 5.73 Å². The highest BCUT2D eigenvalue weighted by Gasteiger charge is 2.17. The minimum atomic E-state index is -3.90. The minimum absolute atomic E-state index is 0.200. The number of nitrogens with one attached hydrogen (secondary N) is 1. The third-order valence-corrected chi connectivity index (χ3v) is 3.42. The predicted molar refractivity (Wildman–Crippen MR) is 55.5 cm³/mol. The van der Waals surface area contributed by atoms with Crippen LogP contribution in [0.1, 0.15) is 5.56 Å².